The molecule has 0 aliphatic rings. The maximum atomic E-state index is 12.2. The second kappa shape index (κ2) is 6.27. The molecule has 0 fully saturated rings. The molecule has 0 aromatic heterocycles. The van der Waals surface area contributed by atoms with Crippen molar-refractivity contribution >= 4 is 34.7 Å². The van der Waals surface area contributed by atoms with Crippen molar-refractivity contribution in [1.82, 2.24) is 0 Å². The number of nitro benzene ring substituents is 1. The van der Waals surface area contributed by atoms with E-state index in [4.69, 9.17) is 5.73 Å². The summed E-state index contributed by atoms with van der Waals surface area (Å²) in [4.78, 5) is 23.4. The van der Waals surface area contributed by atoms with Crippen LogP contribution in [0.25, 0.3) is 0 Å². The van der Waals surface area contributed by atoms with Gasteiger partial charge in [0.05, 0.1) is 10.5 Å². The molecule has 2 aromatic rings. The number of nitro groups is 1. The van der Waals surface area contributed by atoms with Gasteiger partial charge in [-0.1, -0.05) is 6.07 Å². The summed E-state index contributed by atoms with van der Waals surface area (Å²) in [7, 11) is 0. The maximum Gasteiger partial charge on any atom is 0.270 e. The van der Waals surface area contributed by atoms with Gasteiger partial charge in [-0.2, -0.15) is 0 Å². The van der Waals surface area contributed by atoms with Crippen LogP contribution in [0.5, 0.6) is 0 Å². The highest BCUT2D eigenvalue weighted by molar-refractivity contribution is 7.98. The fourth-order valence-corrected chi connectivity index (χ4v) is 2.21. The zero-order valence-electron chi connectivity index (χ0n) is 11.2. The summed E-state index contributed by atoms with van der Waals surface area (Å²) in [5.74, 6) is -0.477. The van der Waals surface area contributed by atoms with Crippen LogP contribution in [0.4, 0.5) is 17.1 Å². The largest absolute Gasteiger partial charge is 0.398 e. The third kappa shape index (κ3) is 3.51. The molecule has 2 aromatic carbocycles. The number of rotatable bonds is 4. The first kappa shape index (κ1) is 14.9. The van der Waals surface area contributed by atoms with Crippen molar-refractivity contribution in [2.24, 2.45) is 0 Å². The summed E-state index contributed by atoms with van der Waals surface area (Å²) in [5.41, 5.74) is 6.42. The number of carbonyl (C=O) groups excluding carboxylic acids is 1. The Kier molecular flexibility index (Phi) is 4.44. The van der Waals surface area contributed by atoms with E-state index in [1.54, 1.807) is 17.8 Å². The van der Waals surface area contributed by atoms with Gasteiger partial charge in [0.25, 0.3) is 11.6 Å². The lowest BCUT2D eigenvalue weighted by Gasteiger charge is -2.08. The fraction of sp³-hybridized carbons (Fsp3) is 0.0714. The summed E-state index contributed by atoms with van der Waals surface area (Å²) < 4.78 is 0. The molecule has 3 N–H and O–H groups in total. The van der Waals surface area contributed by atoms with Crippen LogP contribution in [0.2, 0.25) is 0 Å². The van der Waals surface area contributed by atoms with E-state index in [0.717, 1.165) is 4.90 Å². The molecular weight excluding hydrogens is 290 g/mol. The van der Waals surface area contributed by atoms with Crippen molar-refractivity contribution in [3.05, 3.63) is 58.1 Å². The van der Waals surface area contributed by atoms with Gasteiger partial charge < -0.3 is 11.1 Å². The topological polar surface area (TPSA) is 98.3 Å². The molecule has 0 aliphatic carbocycles. The Labute approximate surface area is 125 Å². The minimum absolute atomic E-state index is 0.0822. The smallest absolute Gasteiger partial charge is 0.270 e. The van der Waals surface area contributed by atoms with Crippen LogP contribution < -0.4 is 11.1 Å². The zero-order chi connectivity index (χ0) is 15.4. The number of non-ortho nitro benzene ring substituents is 1. The van der Waals surface area contributed by atoms with Gasteiger partial charge in [0.15, 0.2) is 0 Å². The summed E-state index contributed by atoms with van der Waals surface area (Å²) in [5, 5.41) is 13.4. The standard InChI is InChI=1S/C14H13N3O3S/c1-21-11-4-2-3-9(7-11)16-14(18)12-8-10(17(19)20)5-6-13(12)15/h2-8H,15H2,1H3,(H,16,18). The molecule has 0 radical (unpaired) electrons. The molecule has 0 aliphatic heterocycles. The predicted octanol–water partition coefficient (Wildman–Crippen LogP) is 3.15. The highest BCUT2D eigenvalue weighted by Gasteiger charge is 2.15. The van der Waals surface area contributed by atoms with Crippen LogP contribution in [-0.4, -0.2) is 17.1 Å². The van der Waals surface area contributed by atoms with E-state index in [2.05, 4.69) is 5.32 Å². The number of nitrogens with two attached hydrogens (primary N) is 1. The second-order valence-electron chi connectivity index (χ2n) is 4.21. The van der Waals surface area contributed by atoms with Gasteiger partial charge in [0.2, 0.25) is 0 Å². The number of carbonyl (C=O) groups is 1. The number of benzene rings is 2. The highest BCUT2D eigenvalue weighted by Crippen LogP contribution is 2.23. The molecule has 21 heavy (non-hydrogen) atoms. The fourth-order valence-electron chi connectivity index (χ4n) is 1.75. The van der Waals surface area contributed by atoms with E-state index in [9.17, 15) is 14.9 Å². The van der Waals surface area contributed by atoms with Gasteiger partial charge in [-0.05, 0) is 30.5 Å². The molecule has 6 nitrogen and oxygen atoms in total. The lowest BCUT2D eigenvalue weighted by atomic mass is 10.1. The van der Waals surface area contributed by atoms with Gasteiger partial charge in [-0.15, -0.1) is 11.8 Å². The summed E-state index contributed by atoms with van der Waals surface area (Å²) >= 11 is 1.55. The van der Waals surface area contributed by atoms with Crippen molar-refractivity contribution < 1.29 is 9.72 Å². The monoisotopic (exact) mass is 303 g/mol. The average molecular weight is 303 g/mol. The van der Waals surface area contributed by atoms with Crippen molar-refractivity contribution in [2.45, 2.75) is 4.90 Å². The van der Waals surface area contributed by atoms with Crippen LogP contribution >= 0.6 is 11.8 Å². The number of hydrogen-bond donors (Lipinski definition) is 2. The van der Waals surface area contributed by atoms with Crippen molar-refractivity contribution in [1.29, 1.82) is 0 Å². The van der Waals surface area contributed by atoms with E-state index < -0.39 is 10.8 Å². The number of hydrogen-bond acceptors (Lipinski definition) is 5. The first-order valence-electron chi connectivity index (χ1n) is 6.00. The van der Waals surface area contributed by atoms with Crippen molar-refractivity contribution in [2.75, 3.05) is 17.3 Å². The number of nitrogens with one attached hydrogen (secondary N) is 1. The Balaban J connectivity index is 2.27. The molecule has 7 heteroatoms. The van der Waals surface area contributed by atoms with Crippen LogP contribution in [0.1, 0.15) is 10.4 Å². The zero-order valence-corrected chi connectivity index (χ0v) is 12.0. The molecule has 0 bridgehead atoms. The second-order valence-corrected chi connectivity index (χ2v) is 5.09. The number of nitrogen functional groups attached to an aromatic ring is 1. The van der Waals surface area contributed by atoms with Crippen LogP contribution in [0.3, 0.4) is 0 Å². The normalized spacial score (nSPS) is 10.1. The molecular formula is C14H13N3O3S. The van der Waals surface area contributed by atoms with Gasteiger partial charge in [-0.25, -0.2) is 0 Å². The van der Waals surface area contributed by atoms with Gasteiger partial charge in [0, 0.05) is 28.4 Å². The molecule has 0 saturated heterocycles. The number of thioether (sulfide) groups is 1. The minimum Gasteiger partial charge on any atom is -0.398 e. The van der Waals surface area contributed by atoms with E-state index >= 15 is 0 Å². The highest BCUT2D eigenvalue weighted by atomic mass is 32.2. The molecule has 0 saturated carbocycles. The van der Waals surface area contributed by atoms with E-state index in [1.807, 2.05) is 24.5 Å². The molecule has 0 spiro atoms. The first-order chi connectivity index (χ1) is 10.0. The summed E-state index contributed by atoms with van der Waals surface area (Å²) in [6.07, 6.45) is 1.93. The van der Waals surface area contributed by atoms with E-state index in [-0.39, 0.29) is 16.9 Å². The molecule has 2 rings (SSSR count). The quantitative estimate of drug-likeness (QED) is 0.391. The lowest BCUT2D eigenvalue weighted by molar-refractivity contribution is -0.384. The van der Waals surface area contributed by atoms with Gasteiger partial charge in [-0.3, -0.25) is 14.9 Å². The Morgan fingerprint density at radius 2 is 2.05 bits per heavy atom. The van der Waals surface area contributed by atoms with Crippen LogP contribution in [0.15, 0.2) is 47.4 Å². The molecule has 108 valence electrons. The molecule has 0 heterocycles. The predicted molar refractivity (Wildman–Crippen MR) is 83.7 cm³/mol. The SMILES string of the molecule is CSc1cccc(NC(=O)c2cc([N+](=O)[O-])ccc2N)c1. The Hall–Kier alpha value is -2.54. The van der Waals surface area contributed by atoms with Crippen molar-refractivity contribution in [3.63, 3.8) is 0 Å². The molecule has 0 unspecified atom stereocenters. The maximum absolute atomic E-state index is 12.2. The van der Waals surface area contributed by atoms with E-state index in [1.165, 1.54) is 18.2 Å². The summed E-state index contributed by atoms with van der Waals surface area (Å²) in [6, 6.07) is 11.1. The summed E-state index contributed by atoms with van der Waals surface area (Å²) in [6.45, 7) is 0. The number of amides is 1. The Bertz CT molecular complexity index is 704. The third-order valence-electron chi connectivity index (χ3n) is 2.82. The van der Waals surface area contributed by atoms with Crippen LogP contribution in [0, 0.1) is 10.1 Å². The number of anilines is 2. The molecule has 0 atom stereocenters. The lowest BCUT2D eigenvalue weighted by Crippen LogP contribution is -2.14. The van der Waals surface area contributed by atoms with E-state index in [0.29, 0.717) is 5.69 Å². The van der Waals surface area contributed by atoms with Crippen LogP contribution in [-0.2, 0) is 0 Å². The first-order valence-corrected chi connectivity index (χ1v) is 7.23. The Morgan fingerprint density at radius 3 is 2.71 bits per heavy atom. The third-order valence-corrected chi connectivity index (χ3v) is 3.55. The molecule has 1 amide bonds. The van der Waals surface area contributed by atoms with Gasteiger partial charge >= 0.3 is 0 Å². The minimum atomic E-state index is -0.565. The van der Waals surface area contributed by atoms with Gasteiger partial charge in [0.1, 0.15) is 0 Å². The van der Waals surface area contributed by atoms with Crippen molar-refractivity contribution in [3.8, 4) is 0 Å². The average Bonchev–Trinajstić information content (AvgIpc) is 2.47. The number of nitrogens with zero attached hydrogens (tertiary/aromatic N) is 1. The Morgan fingerprint density at radius 1 is 1.29 bits per heavy atom.